The van der Waals surface area contributed by atoms with Crippen molar-refractivity contribution in [3.8, 4) is 0 Å². The standard InChI is InChI=1S/C8H9FO2S.C2H6/c1-2-7-4-3-5-8(6-7)12(9,10)11;1-2/h3-6H,2H2,1H3;1-2H3. The number of hydrogen-bond acceptors (Lipinski definition) is 2. The van der Waals surface area contributed by atoms with E-state index in [4.69, 9.17) is 0 Å². The van der Waals surface area contributed by atoms with Crippen molar-refractivity contribution in [3.05, 3.63) is 29.8 Å². The molecule has 0 aliphatic carbocycles. The Bertz CT molecular complexity index is 371. The van der Waals surface area contributed by atoms with E-state index in [0.717, 1.165) is 5.56 Å². The highest BCUT2D eigenvalue weighted by Gasteiger charge is 2.10. The van der Waals surface area contributed by atoms with Gasteiger partial charge in [0.25, 0.3) is 0 Å². The Balaban J connectivity index is 0.000000791. The fourth-order valence-electron chi connectivity index (χ4n) is 0.917. The summed E-state index contributed by atoms with van der Waals surface area (Å²) in [5.74, 6) is 0. The molecule has 0 fully saturated rings. The Kier molecular flexibility index (Phi) is 5.38. The summed E-state index contributed by atoms with van der Waals surface area (Å²) in [7, 11) is -4.54. The van der Waals surface area contributed by atoms with Gasteiger partial charge in [-0.2, -0.15) is 8.42 Å². The van der Waals surface area contributed by atoms with Crippen LogP contribution in [-0.2, 0) is 16.6 Å². The van der Waals surface area contributed by atoms with Crippen molar-refractivity contribution in [1.29, 1.82) is 0 Å². The smallest absolute Gasteiger partial charge is 0.189 e. The lowest BCUT2D eigenvalue weighted by Gasteiger charge is -1.97. The third-order valence-electron chi connectivity index (χ3n) is 1.59. The Morgan fingerprint density at radius 2 is 1.86 bits per heavy atom. The highest BCUT2D eigenvalue weighted by molar-refractivity contribution is 7.86. The molecule has 0 aliphatic heterocycles. The molecule has 1 aromatic rings. The van der Waals surface area contributed by atoms with Crippen LogP contribution in [0.4, 0.5) is 3.89 Å². The zero-order chi connectivity index (χ0) is 11.2. The van der Waals surface area contributed by atoms with Gasteiger partial charge in [-0.1, -0.05) is 32.9 Å². The molecule has 1 rings (SSSR count). The fourth-order valence-corrected chi connectivity index (χ4v) is 1.45. The summed E-state index contributed by atoms with van der Waals surface area (Å²) in [6, 6.07) is 5.88. The predicted molar refractivity (Wildman–Crippen MR) is 55.5 cm³/mol. The van der Waals surface area contributed by atoms with Crippen LogP contribution in [0.25, 0.3) is 0 Å². The van der Waals surface area contributed by atoms with Crippen molar-refractivity contribution >= 4 is 10.2 Å². The topological polar surface area (TPSA) is 34.1 Å². The summed E-state index contributed by atoms with van der Waals surface area (Å²) in [5.41, 5.74) is 0.814. The van der Waals surface area contributed by atoms with Crippen molar-refractivity contribution < 1.29 is 12.3 Å². The van der Waals surface area contributed by atoms with Gasteiger partial charge in [0.15, 0.2) is 0 Å². The molecule has 4 heteroatoms. The van der Waals surface area contributed by atoms with Gasteiger partial charge in [0.1, 0.15) is 0 Å². The van der Waals surface area contributed by atoms with E-state index in [2.05, 4.69) is 0 Å². The Labute approximate surface area is 85.0 Å². The van der Waals surface area contributed by atoms with E-state index in [1.165, 1.54) is 18.2 Å². The van der Waals surface area contributed by atoms with Crippen LogP contribution >= 0.6 is 0 Å². The maximum atomic E-state index is 12.4. The Hall–Kier alpha value is -0.900. The molecule has 2 nitrogen and oxygen atoms in total. The summed E-state index contributed by atoms with van der Waals surface area (Å²) in [4.78, 5) is -0.262. The van der Waals surface area contributed by atoms with Crippen LogP contribution in [0.1, 0.15) is 26.3 Å². The second-order valence-electron chi connectivity index (χ2n) is 2.44. The van der Waals surface area contributed by atoms with Gasteiger partial charge in [-0.05, 0) is 24.1 Å². The van der Waals surface area contributed by atoms with Crippen LogP contribution in [0, 0.1) is 0 Å². The second kappa shape index (κ2) is 5.75. The Morgan fingerprint density at radius 1 is 1.29 bits per heavy atom. The highest BCUT2D eigenvalue weighted by Crippen LogP contribution is 2.13. The lowest BCUT2D eigenvalue weighted by atomic mass is 10.2. The SMILES string of the molecule is CC.CCc1cccc(S(=O)(=O)F)c1. The molecule has 80 valence electrons. The molecule has 14 heavy (non-hydrogen) atoms. The minimum Gasteiger partial charge on any atom is -0.189 e. The molecule has 0 saturated heterocycles. The van der Waals surface area contributed by atoms with Crippen LogP contribution < -0.4 is 0 Å². The van der Waals surface area contributed by atoms with Crippen molar-refractivity contribution in [3.63, 3.8) is 0 Å². The number of benzene rings is 1. The van der Waals surface area contributed by atoms with E-state index in [0.29, 0.717) is 6.42 Å². The second-order valence-corrected chi connectivity index (χ2v) is 3.79. The van der Waals surface area contributed by atoms with E-state index in [1.807, 2.05) is 20.8 Å². The third-order valence-corrected chi connectivity index (χ3v) is 2.41. The van der Waals surface area contributed by atoms with Gasteiger partial charge >= 0.3 is 10.2 Å². The zero-order valence-corrected chi connectivity index (χ0v) is 9.44. The fraction of sp³-hybridized carbons (Fsp3) is 0.400. The van der Waals surface area contributed by atoms with Gasteiger partial charge < -0.3 is 0 Å². The number of halogens is 1. The van der Waals surface area contributed by atoms with E-state index in [9.17, 15) is 12.3 Å². The maximum Gasteiger partial charge on any atom is 0.332 e. The average molecular weight is 218 g/mol. The quantitative estimate of drug-likeness (QED) is 0.715. The molecule has 0 amide bonds. The van der Waals surface area contributed by atoms with Crippen molar-refractivity contribution in [2.75, 3.05) is 0 Å². The minimum atomic E-state index is -4.54. The minimum absolute atomic E-state index is 0.262. The van der Waals surface area contributed by atoms with Gasteiger partial charge in [-0.3, -0.25) is 0 Å². The average Bonchev–Trinajstić information content (AvgIpc) is 2.20. The Morgan fingerprint density at radius 3 is 2.29 bits per heavy atom. The first-order chi connectivity index (χ1) is 6.54. The first kappa shape index (κ1) is 13.1. The van der Waals surface area contributed by atoms with E-state index >= 15 is 0 Å². The van der Waals surface area contributed by atoms with E-state index in [-0.39, 0.29) is 4.90 Å². The third kappa shape index (κ3) is 3.87. The highest BCUT2D eigenvalue weighted by atomic mass is 32.3. The van der Waals surface area contributed by atoms with Crippen LogP contribution in [0.3, 0.4) is 0 Å². The van der Waals surface area contributed by atoms with E-state index < -0.39 is 10.2 Å². The van der Waals surface area contributed by atoms with Crippen LogP contribution in [0.5, 0.6) is 0 Å². The molecule has 0 radical (unpaired) electrons. The molecule has 0 bridgehead atoms. The van der Waals surface area contributed by atoms with Gasteiger partial charge in [0, 0.05) is 0 Å². The first-order valence-electron chi connectivity index (χ1n) is 4.57. The van der Waals surface area contributed by atoms with Crippen molar-refractivity contribution in [1.82, 2.24) is 0 Å². The lowest BCUT2D eigenvalue weighted by Crippen LogP contribution is -1.92. The van der Waals surface area contributed by atoms with E-state index in [1.54, 1.807) is 6.07 Å². The van der Waals surface area contributed by atoms with Crippen molar-refractivity contribution in [2.24, 2.45) is 0 Å². The summed E-state index contributed by atoms with van der Waals surface area (Å²) < 4.78 is 33.3. The van der Waals surface area contributed by atoms with Gasteiger partial charge in [-0.15, -0.1) is 3.89 Å². The summed E-state index contributed by atoms with van der Waals surface area (Å²) >= 11 is 0. The molecule has 1 aromatic carbocycles. The lowest BCUT2D eigenvalue weighted by molar-refractivity contribution is 0.552. The maximum absolute atomic E-state index is 12.4. The zero-order valence-electron chi connectivity index (χ0n) is 8.62. The van der Waals surface area contributed by atoms with Crippen molar-refractivity contribution in [2.45, 2.75) is 32.1 Å². The monoisotopic (exact) mass is 218 g/mol. The number of rotatable bonds is 2. The molecule has 0 saturated carbocycles. The largest absolute Gasteiger partial charge is 0.332 e. The molecule has 0 atom stereocenters. The summed E-state index contributed by atoms with van der Waals surface area (Å²) in [6.45, 7) is 5.88. The van der Waals surface area contributed by atoms with Gasteiger partial charge in [0.05, 0.1) is 4.90 Å². The number of aryl methyl sites for hydroxylation is 1. The molecule has 0 aliphatic rings. The summed E-state index contributed by atoms with van der Waals surface area (Å²) in [6.07, 6.45) is 0.698. The molecular formula is C10H15FO2S. The number of hydrogen-bond donors (Lipinski definition) is 0. The molecular weight excluding hydrogens is 203 g/mol. The molecule has 0 spiro atoms. The first-order valence-corrected chi connectivity index (χ1v) is 5.96. The van der Waals surface area contributed by atoms with Crippen LogP contribution in [0.2, 0.25) is 0 Å². The van der Waals surface area contributed by atoms with Gasteiger partial charge in [0.2, 0.25) is 0 Å². The molecule has 0 heterocycles. The van der Waals surface area contributed by atoms with Crippen LogP contribution in [-0.4, -0.2) is 8.42 Å². The van der Waals surface area contributed by atoms with Gasteiger partial charge in [-0.25, -0.2) is 0 Å². The molecule has 0 aromatic heterocycles. The molecule has 0 N–H and O–H groups in total. The predicted octanol–water partition coefficient (Wildman–Crippen LogP) is 2.93. The normalized spacial score (nSPS) is 10.3. The summed E-state index contributed by atoms with van der Waals surface area (Å²) in [5, 5.41) is 0. The van der Waals surface area contributed by atoms with Crippen LogP contribution in [0.15, 0.2) is 29.2 Å². The molecule has 0 unspecified atom stereocenters.